The second-order valence-corrected chi connectivity index (χ2v) is 8.72. The van der Waals surface area contributed by atoms with Crippen LogP contribution in [0.25, 0.3) is 0 Å². The van der Waals surface area contributed by atoms with Crippen LogP contribution in [0, 0.1) is 17.3 Å². The molecular weight excluding hydrogens is 227 g/mol. The predicted molar refractivity (Wildman–Crippen MR) is 90.6 cm³/mol. The molecule has 19 heavy (non-hydrogen) atoms. The lowest BCUT2D eigenvalue weighted by molar-refractivity contribution is 0.161. The molecule has 1 heteroatoms. The third kappa shape index (κ3) is 5.92. The van der Waals surface area contributed by atoms with Crippen molar-refractivity contribution in [2.75, 3.05) is 0 Å². The summed E-state index contributed by atoms with van der Waals surface area (Å²) in [5, 5.41) is 0.566. The van der Waals surface area contributed by atoms with E-state index in [1.165, 1.54) is 57.8 Å². The van der Waals surface area contributed by atoms with Gasteiger partial charge in [-0.05, 0) is 30.1 Å². The molecule has 1 aliphatic rings. The Kier molecular flexibility index (Phi) is 6.47. The largest absolute Gasteiger partial charge is 0.109 e. The van der Waals surface area contributed by atoms with E-state index in [2.05, 4.69) is 42.5 Å². The standard InChI is InChI=1S/C18H37B/c1-15(2)17(4)11-6-9-16(3)10-7-13-18(5,19)14-8-12-17/h15-16H,6-14,19H2,1-5H3. The number of hydrogen-bond acceptors (Lipinski definition) is 0. The lowest BCUT2D eigenvalue weighted by Gasteiger charge is -2.36. The van der Waals surface area contributed by atoms with Crippen molar-refractivity contribution in [3.8, 4) is 0 Å². The highest BCUT2D eigenvalue weighted by molar-refractivity contribution is 6.14. The van der Waals surface area contributed by atoms with Crippen molar-refractivity contribution >= 4 is 7.85 Å². The van der Waals surface area contributed by atoms with E-state index in [1.54, 1.807) is 0 Å². The summed E-state index contributed by atoms with van der Waals surface area (Å²) in [4.78, 5) is 0. The molecule has 0 saturated heterocycles. The summed E-state index contributed by atoms with van der Waals surface area (Å²) in [5.41, 5.74) is 0.578. The van der Waals surface area contributed by atoms with Crippen molar-refractivity contribution in [1.82, 2.24) is 0 Å². The zero-order valence-corrected chi connectivity index (χ0v) is 14.5. The maximum Gasteiger partial charge on any atom is 0.109 e. The first-order valence-electron chi connectivity index (χ1n) is 8.75. The van der Waals surface area contributed by atoms with Gasteiger partial charge in [-0.2, -0.15) is 0 Å². The van der Waals surface area contributed by atoms with E-state index in [0.29, 0.717) is 10.7 Å². The van der Waals surface area contributed by atoms with E-state index in [-0.39, 0.29) is 0 Å². The zero-order valence-electron chi connectivity index (χ0n) is 14.5. The van der Waals surface area contributed by atoms with Crippen molar-refractivity contribution < 1.29 is 0 Å². The van der Waals surface area contributed by atoms with Crippen molar-refractivity contribution in [1.29, 1.82) is 0 Å². The Morgan fingerprint density at radius 2 is 1.37 bits per heavy atom. The van der Waals surface area contributed by atoms with Crippen LogP contribution in [0.3, 0.4) is 0 Å². The van der Waals surface area contributed by atoms with E-state index in [9.17, 15) is 0 Å². The van der Waals surface area contributed by atoms with Crippen molar-refractivity contribution in [2.24, 2.45) is 17.3 Å². The Morgan fingerprint density at radius 1 is 0.895 bits per heavy atom. The topological polar surface area (TPSA) is 0 Å². The Bertz CT molecular complexity index is 256. The fraction of sp³-hybridized carbons (Fsp3) is 1.00. The molecule has 0 N–H and O–H groups in total. The minimum absolute atomic E-state index is 0.566. The third-order valence-electron chi connectivity index (χ3n) is 5.99. The molecule has 0 nitrogen and oxygen atoms in total. The van der Waals surface area contributed by atoms with Crippen LogP contribution in [0.4, 0.5) is 0 Å². The highest BCUT2D eigenvalue weighted by Crippen LogP contribution is 2.42. The van der Waals surface area contributed by atoms with Crippen molar-refractivity contribution in [3.05, 3.63) is 0 Å². The van der Waals surface area contributed by atoms with Gasteiger partial charge in [-0.1, -0.05) is 84.9 Å². The van der Waals surface area contributed by atoms with Crippen LogP contribution in [0.15, 0.2) is 0 Å². The van der Waals surface area contributed by atoms with Crippen LogP contribution in [-0.2, 0) is 0 Å². The van der Waals surface area contributed by atoms with Gasteiger partial charge in [0.2, 0.25) is 0 Å². The molecule has 0 bridgehead atoms. The van der Waals surface area contributed by atoms with Crippen LogP contribution >= 0.6 is 0 Å². The molecule has 0 aromatic heterocycles. The first kappa shape index (κ1) is 17.1. The zero-order chi connectivity index (χ0) is 14.5. The quantitative estimate of drug-likeness (QED) is 0.539. The Morgan fingerprint density at radius 3 is 1.95 bits per heavy atom. The normalized spacial score (nSPS) is 39.6. The molecule has 0 radical (unpaired) electrons. The molecule has 3 atom stereocenters. The third-order valence-corrected chi connectivity index (χ3v) is 5.99. The Balaban J connectivity index is 2.66. The van der Waals surface area contributed by atoms with Crippen LogP contribution < -0.4 is 0 Å². The van der Waals surface area contributed by atoms with Gasteiger partial charge < -0.3 is 0 Å². The molecule has 0 heterocycles. The van der Waals surface area contributed by atoms with Gasteiger partial charge in [-0.25, -0.2) is 0 Å². The molecule has 0 spiro atoms. The molecule has 0 aliphatic heterocycles. The number of rotatable bonds is 1. The lowest BCUT2D eigenvalue weighted by Crippen LogP contribution is -2.24. The minimum Gasteiger partial charge on any atom is -0.0669 e. The second kappa shape index (κ2) is 7.18. The van der Waals surface area contributed by atoms with Crippen LogP contribution in [0.2, 0.25) is 5.31 Å². The molecule has 0 aromatic carbocycles. The van der Waals surface area contributed by atoms with Gasteiger partial charge in [-0.3, -0.25) is 0 Å². The molecule has 0 amide bonds. The van der Waals surface area contributed by atoms with Gasteiger partial charge in [0, 0.05) is 0 Å². The molecule has 1 fully saturated rings. The maximum absolute atomic E-state index is 2.54. The summed E-state index contributed by atoms with van der Waals surface area (Å²) >= 11 is 0. The molecule has 3 unspecified atom stereocenters. The molecule has 112 valence electrons. The average Bonchev–Trinajstić information content (AvgIpc) is 2.26. The van der Waals surface area contributed by atoms with E-state index in [0.717, 1.165) is 11.8 Å². The van der Waals surface area contributed by atoms with Gasteiger partial charge in [0.1, 0.15) is 7.85 Å². The summed E-state index contributed by atoms with van der Waals surface area (Å²) in [6.07, 6.45) is 12.9. The predicted octanol–water partition coefficient (Wildman–Crippen LogP) is 5.62. The lowest BCUT2D eigenvalue weighted by atomic mass is 9.62. The summed E-state index contributed by atoms with van der Waals surface area (Å²) in [6, 6.07) is 0. The summed E-state index contributed by atoms with van der Waals surface area (Å²) in [5.74, 6) is 1.76. The van der Waals surface area contributed by atoms with Gasteiger partial charge in [0.25, 0.3) is 0 Å². The molecule has 1 rings (SSSR count). The smallest absolute Gasteiger partial charge is 0.0669 e. The van der Waals surface area contributed by atoms with Crippen LogP contribution in [-0.4, -0.2) is 7.85 Å². The maximum atomic E-state index is 2.54. The Labute approximate surface area is 123 Å². The summed E-state index contributed by atoms with van der Waals surface area (Å²) in [6.45, 7) is 12.4. The second-order valence-electron chi connectivity index (χ2n) is 8.72. The van der Waals surface area contributed by atoms with Gasteiger partial charge in [0.05, 0.1) is 0 Å². The highest BCUT2D eigenvalue weighted by atomic mass is 14.3. The monoisotopic (exact) mass is 264 g/mol. The Hall–Kier alpha value is 0.0649. The van der Waals surface area contributed by atoms with Crippen molar-refractivity contribution in [2.45, 2.75) is 97.7 Å². The van der Waals surface area contributed by atoms with Crippen LogP contribution in [0.5, 0.6) is 0 Å². The molecule has 1 aliphatic carbocycles. The SMILES string of the molecule is BC1(C)CCCC(C)CCCC(C)(C(C)C)CCC1. The first-order chi connectivity index (χ1) is 8.75. The fourth-order valence-electron chi connectivity index (χ4n) is 3.73. The van der Waals surface area contributed by atoms with E-state index >= 15 is 0 Å². The van der Waals surface area contributed by atoms with E-state index in [4.69, 9.17) is 0 Å². The van der Waals surface area contributed by atoms with Gasteiger partial charge in [-0.15, -0.1) is 0 Å². The summed E-state index contributed by atoms with van der Waals surface area (Å²) < 4.78 is 0. The minimum atomic E-state index is 0.566. The molecule has 0 aromatic rings. The molecule has 1 saturated carbocycles. The van der Waals surface area contributed by atoms with E-state index < -0.39 is 0 Å². The van der Waals surface area contributed by atoms with Gasteiger partial charge >= 0.3 is 0 Å². The highest BCUT2D eigenvalue weighted by Gasteiger charge is 2.29. The number of hydrogen-bond donors (Lipinski definition) is 0. The van der Waals surface area contributed by atoms with E-state index in [1.807, 2.05) is 0 Å². The first-order valence-corrected chi connectivity index (χ1v) is 8.75. The van der Waals surface area contributed by atoms with Gasteiger partial charge in [0.15, 0.2) is 0 Å². The summed E-state index contributed by atoms with van der Waals surface area (Å²) in [7, 11) is 2.48. The molecular formula is C18H37B. The average molecular weight is 264 g/mol. The van der Waals surface area contributed by atoms with Crippen LogP contribution in [0.1, 0.15) is 92.4 Å². The van der Waals surface area contributed by atoms with Crippen molar-refractivity contribution in [3.63, 3.8) is 0 Å². The fourth-order valence-corrected chi connectivity index (χ4v) is 3.73.